The van der Waals surface area contributed by atoms with Crippen LogP contribution in [0.5, 0.6) is 0 Å². The Balaban J connectivity index is 0.000000482. The average molecular weight is 559 g/mol. The molecule has 2 aromatic rings. The summed E-state index contributed by atoms with van der Waals surface area (Å²) in [4.78, 5) is 34.0. The summed E-state index contributed by atoms with van der Waals surface area (Å²) in [7, 11) is 1.65. The van der Waals surface area contributed by atoms with E-state index in [1.54, 1.807) is 20.1 Å². The second kappa shape index (κ2) is 13.4. The highest BCUT2D eigenvalue weighted by atomic mass is 19.1. The van der Waals surface area contributed by atoms with Gasteiger partial charge in [-0.2, -0.15) is 0 Å². The molecule has 1 aliphatic carbocycles. The standard InChI is InChI=1S/C25H31FN2O4.C4H4O4/c1-5-13-31-25(17(3)29)11-10-21(24(30-4)16(25)2)28-12-6-7-18(15-28)23-20-9-8-19(26)14-22(20)32-27-23;5-3(6)1-2-4(7)8/h8-11,14,16,18H,5-7,12-13,15H2,1-4H3;1-2H,(H,5,6)(H,7,8)/b;2-1+/t16?,18?,25-;/m1./s1. The van der Waals surface area contributed by atoms with E-state index in [2.05, 4.69) is 10.1 Å². The number of hydrogen-bond donors (Lipinski definition) is 2. The SMILES string of the molecule is CCCO[C@]1(C(C)=O)C=CC(N2CCCC(c3noc4cc(F)ccc34)C2)=C(OC)C1C.O=C(O)/C=C/C(=O)O. The summed E-state index contributed by atoms with van der Waals surface area (Å²) in [5, 5.41) is 20.8. The van der Waals surface area contributed by atoms with Gasteiger partial charge in [0.1, 0.15) is 11.6 Å². The molecular formula is C29H35FN2O8. The molecule has 4 rings (SSSR count). The molecule has 0 radical (unpaired) electrons. The molecule has 216 valence electrons. The number of methoxy groups -OCH3 is 1. The maximum Gasteiger partial charge on any atom is 0.328 e. The molecule has 1 aromatic carbocycles. The molecule has 1 aromatic heterocycles. The Hall–Kier alpha value is -3.99. The van der Waals surface area contributed by atoms with E-state index >= 15 is 0 Å². The van der Waals surface area contributed by atoms with E-state index in [0.717, 1.165) is 54.9 Å². The fourth-order valence-corrected chi connectivity index (χ4v) is 5.14. The predicted molar refractivity (Wildman–Crippen MR) is 144 cm³/mol. The number of carboxylic acid groups (broad SMARTS) is 2. The van der Waals surface area contributed by atoms with Crippen molar-refractivity contribution in [1.29, 1.82) is 0 Å². The second-order valence-corrected chi connectivity index (χ2v) is 9.71. The largest absolute Gasteiger partial charge is 0.499 e. The van der Waals surface area contributed by atoms with Crippen molar-refractivity contribution in [2.75, 3.05) is 26.8 Å². The Morgan fingerprint density at radius 1 is 1.25 bits per heavy atom. The Labute approximate surface area is 231 Å². The molecule has 0 amide bonds. The molecule has 11 heteroatoms. The van der Waals surface area contributed by atoms with Gasteiger partial charge < -0.3 is 29.1 Å². The number of likely N-dealkylation sites (tertiary alicyclic amines) is 1. The lowest BCUT2D eigenvalue weighted by Gasteiger charge is -2.42. The van der Waals surface area contributed by atoms with Crippen molar-refractivity contribution in [3.63, 3.8) is 0 Å². The van der Waals surface area contributed by atoms with Gasteiger partial charge >= 0.3 is 11.9 Å². The summed E-state index contributed by atoms with van der Waals surface area (Å²) in [6.45, 7) is 7.71. The van der Waals surface area contributed by atoms with E-state index in [0.29, 0.717) is 24.3 Å². The maximum absolute atomic E-state index is 13.6. The number of fused-ring (bicyclic) bond motifs is 1. The van der Waals surface area contributed by atoms with Crippen molar-refractivity contribution >= 4 is 28.7 Å². The van der Waals surface area contributed by atoms with Crippen molar-refractivity contribution in [3.05, 3.63) is 65.5 Å². The Kier molecular flexibility index (Phi) is 10.2. The molecule has 0 saturated carbocycles. The maximum atomic E-state index is 13.6. The minimum atomic E-state index is -1.26. The monoisotopic (exact) mass is 558 g/mol. The van der Waals surface area contributed by atoms with Crippen LogP contribution in [-0.4, -0.2) is 70.4 Å². The van der Waals surface area contributed by atoms with Crippen LogP contribution in [0.1, 0.15) is 51.6 Å². The highest BCUT2D eigenvalue weighted by Crippen LogP contribution is 2.40. The molecule has 10 nitrogen and oxygen atoms in total. The number of ketones is 1. The molecule has 1 fully saturated rings. The number of carbonyl (C=O) groups excluding carboxylic acids is 1. The zero-order valence-corrected chi connectivity index (χ0v) is 23.1. The minimum absolute atomic E-state index is 0.0267. The molecule has 0 spiro atoms. The Morgan fingerprint density at radius 2 is 1.95 bits per heavy atom. The number of aromatic nitrogens is 1. The molecule has 1 saturated heterocycles. The zero-order valence-electron chi connectivity index (χ0n) is 23.1. The summed E-state index contributed by atoms with van der Waals surface area (Å²) in [6.07, 6.45) is 7.76. The normalized spacial score (nSPS) is 22.8. The number of hydrogen-bond acceptors (Lipinski definition) is 8. The number of allylic oxidation sites excluding steroid dienone is 1. The first-order valence-electron chi connectivity index (χ1n) is 13.1. The van der Waals surface area contributed by atoms with Gasteiger partial charge in [-0.3, -0.25) is 4.79 Å². The first-order chi connectivity index (χ1) is 19.0. The van der Waals surface area contributed by atoms with Gasteiger partial charge in [-0.25, -0.2) is 14.0 Å². The number of benzene rings is 1. The first-order valence-corrected chi connectivity index (χ1v) is 13.1. The fourth-order valence-electron chi connectivity index (χ4n) is 5.14. The number of nitrogens with zero attached hydrogens (tertiary/aromatic N) is 2. The highest BCUT2D eigenvalue weighted by molar-refractivity contribution is 5.90. The number of Topliss-reactive ketones (excluding diaryl/α,β-unsaturated/α-hetero) is 1. The van der Waals surface area contributed by atoms with Gasteiger partial charge in [-0.15, -0.1) is 0 Å². The lowest BCUT2D eigenvalue weighted by Crippen LogP contribution is -2.48. The average Bonchev–Trinajstić information content (AvgIpc) is 3.34. The van der Waals surface area contributed by atoms with Crippen LogP contribution in [0.25, 0.3) is 11.0 Å². The first kappa shape index (κ1) is 30.6. The highest BCUT2D eigenvalue weighted by Gasteiger charge is 2.46. The van der Waals surface area contributed by atoms with E-state index in [4.69, 9.17) is 24.2 Å². The van der Waals surface area contributed by atoms with Gasteiger partial charge in [0.15, 0.2) is 17.0 Å². The molecule has 40 heavy (non-hydrogen) atoms. The van der Waals surface area contributed by atoms with Crippen molar-refractivity contribution in [2.45, 2.75) is 51.6 Å². The number of aliphatic carboxylic acids is 2. The summed E-state index contributed by atoms with van der Waals surface area (Å²) in [5.74, 6) is -2.21. The number of halogens is 1. The number of carboxylic acids is 2. The van der Waals surface area contributed by atoms with Crippen LogP contribution in [0.3, 0.4) is 0 Å². The lowest BCUT2D eigenvalue weighted by atomic mass is 9.79. The summed E-state index contributed by atoms with van der Waals surface area (Å²) in [6, 6.07) is 4.56. The van der Waals surface area contributed by atoms with Crippen LogP contribution >= 0.6 is 0 Å². The van der Waals surface area contributed by atoms with Gasteiger partial charge in [0.25, 0.3) is 0 Å². The third-order valence-corrected chi connectivity index (χ3v) is 7.07. The summed E-state index contributed by atoms with van der Waals surface area (Å²) >= 11 is 0. The van der Waals surface area contributed by atoms with Gasteiger partial charge in [0.2, 0.25) is 0 Å². The predicted octanol–water partition coefficient (Wildman–Crippen LogP) is 4.68. The summed E-state index contributed by atoms with van der Waals surface area (Å²) < 4.78 is 30.9. The third kappa shape index (κ3) is 6.77. The van der Waals surface area contributed by atoms with E-state index in [1.807, 2.05) is 26.0 Å². The summed E-state index contributed by atoms with van der Waals surface area (Å²) in [5.41, 5.74) is 1.30. The van der Waals surface area contributed by atoms with Crippen LogP contribution in [-0.2, 0) is 23.9 Å². The molecule has 2 unspecified atom stereocenters. The van der Waals surface area contributed by atoms with Crippen molar-refractivity contribution < 1.29 is 43.0 Å². The molecule has 3 atom stereocenters. The Bertz CT molecular complexity index is 1310. The van der Waals surface area contributed by atoms with Crippen molar-refractivity contribution in [3.8, 4) is 0 Å². The number of piperidine rings is 1. The smallest absolute Gasteiger partial charge is 0.328 e. The van der Waals surface area contributed by atoms with E-state index in [-0.39, 0.29) is 23.4 Å². The molecule has 2 N–H and O–H groups in total. The molecule has 2 aliphatic rings. The van der Waals surface area contributed by atoms with Crippen LogP contribution in [0.15, 0.2) is 58.5 Å². The topological polar surface area (TPSA) is 139 Å². The van der Waals surface area contributed by atoms with Gasteiger partial charge in [-0.1, -0.05) is 19.0 Å². The van der Waals surface area contributed by atoms with Crippen LogP contribution in [0.4, 0.5) is 4.39 Å². The van der Waals surface area contributed by atoms with Crippen LogP contribution in [0, 0.1) is 11.7 Å². The molecule has 2 heterocycles. The minimum Gasteiger partial charge on any atom is -0.499 e. The molecule has 0 bridgehead atoms. The number of ether oxygens (including phenoxy) is 2. The quantitative estimate of drug-likeness (QED) is 0.417. The molecular weight excluding hydrogens is 523 g/mol. The van der Waals surface area contributed by atoms with E-state index in [1.165, 1.54) is 12.1 Å². The van der Waals surface area contributed by atoms with Gasteiger partial charge in [0.05, 0.1) is 24.4 Å². The molecule has 1 aliphatic heterocycles. The van der Waals surface area contributed by atoms with Crippen molar-refractivity contribution in [1.82, 2.24) is 10.1 Å². The van der Waals surface area contributed by atoms with Crippen molar-refractivity contribution in [2.24, 2.45) is 5.92 Å². The van der Waals surface area contributed by atoms with Crippen LogP contribution in [0.2, 0.25) is 0 Å². The zero-order chi connectivity index (χ0) is 29.4. The van der Waals surface area contributed by atoms with Gasteiger partial charge in [0, 0.05) is 49.2 Å². The number of carbonyl (C=O) groups is 3. The third-order valence-electron chi connectivity index (χ3n) is 7.07. The van der Waals surface area contributed by atoms with Crippen LogP contribution < -0.4 is 0 Å². The van der Waals surface area contributed by atoms with E-state index < -0.39 is 17.5 Å². The van der Waals surface area contributed by atoms with Gasteiger partial charge in [-0.05, 0) is 50.5 Å². The Morgan fingerprint density at radius 3 is 2.55 bits per heavy atom. The van der Waals surface area contributed by atoms with E-state index in [9.17, 15) is 18.8 Å². The second-order valence-electron chi connectivity index (χ2n) is 9.71. The number of rotatable bonds is 9. The fraction of sp³-hybridized carbons (Fsp3) is 0.448. The lowest BCUT2D eigenvalue weighted by molar-refractivity contribution is -0.142.